The molecule has 0 atom stereocenters. The summed E-state index contributed by atoms with van der Waals surface area (Å²) < 4.78 is 0.894. The fourth-order valence-electron chi connectivity index (χ4n) is 2.96. The highest BCUT2D eigenvalue weighted by Crippen LogP contribution is 2.40. The minimum atomic E-state index is -0.000295. The largest absolute Gasteiger partial charge is 0.275 e. The fraction of sp³-hybridized carbons (Fsp3) is 0. The highest BCUT2D eigenvalue weighted by Gasteiger charge is 2.33. The number of amides is 1. The molecule has 3 heteroatoms. The summed E-state index contributed by atoms with van der Waals surface area (Å²) in [5.41, 5.74) is 4.50. The molecule has 0 radical (unpaired) electrons. The van der Waals surface area contributed by atoms with E-state index >= 15 is 0 Å². The molecule has 24 heavy (non-hydrogen) atoms. The third-order valence-corrected chi connectivity index (χ3v) is 4.74. The summed E-state index contributed by atoms with van der Waals surface area (Å²) in [6, 6.07) is 25.6. The molecule has 0 saturated heterocycles. The van der Waals surface area contributed by atoms with E-state index in [2.05, 4.69) is 22.0 Å². The maximum atomic E-state index is 13.0. The first-order chi connectivity index (χ1) is 11.8. The molecule has 1 aliphatic heterocycles. The van der Waals surface area contributed by atoms with Crippen molar-refractivity contribution in [1.29, 1.82) is 0 Å². The van der Waals surface area contributed by atoms with Gasteiger partial charge in [0, 0.05) is 15.6 Å². The molecular formula is C21H14BrNO. The molecule has 0 aliphatic carbocycles. The van der Waals surface area contributed by atoms with E-state index in [1.807, 2.05) is 78.9 Å². The second-order valence-corrected chi connectivity index (χ2v) is 6.43. The first-order valence-electron chi connectivity index (χ1n) is 7.71. The van der Waals surface area contributed by atoms with E-state index in [9.17, 15) is 4.79 Å². The Balaban J connectivity index is 1.94. The van der Waals surface area contributed by atoms with E-state index in [0.717, 1.165) is 32.5 Å². The lowest BCUT2D eigenvalue weighted by Gasteiger charge is -2.20. The van der Waals surface area contributed by atoms with Crippen LogP contribution in [-0.4, -0.2) is 5.91 Å². The summed E-state index contributed by atoms with van der Waals surface area (Å²) in [6.07, 6.45) is 2.06. The number of benzene rings is 3. The number of para-hydroxylation sites is 1. The van der Waals surface area contributed by atoms with Crippen molar-refractivity contribution in [3.8, 4) is 0 Å². The van der Waals surface area contributed by atoms with Crippen LogP contribution in [0.5, 0.6) is 0 Å². The average Bonchev–Trinajstić information content (AvgIpc) is 2.89. The molecule has 0 saturated carbocycles. The van der Waals surface area contributed by atoms with Crippen LogP contribution in [0.1, 0.15) is 21.5 Å². The van der Waals surface area contributed by atoms with Crippen LogP contribution in [0.2, 0.25) is 0 Å². The summed E-state index contributed by atoms with van der Waals surface area (Å²) in [5.74, 6) is -0.000295. The van der Waals surface area contributed by atoms with Gasteiger partial charge in [0.25, 0.3) is 5.91 Å². The predicted molar refractivity (Wildman–Crippen MR) is 102 cm³/mol. The summed E-state index contributed by atoms with van der Waals surface area (Å²) in [4.78, 5) is 14.8. The smallest absolute Gasteiger partial charge is 0.263 e. The molecule has 0 spiro atoms. The van der Waals surface area contributed by atoms with Crippen LogP contribution in [0.3, 0.4) is 0 Å². The minimum absolute atomic E-state index is 0.000295. The second-order valence-electron chi connectivity index (χ2n) is 5.58. The third kappa shape index (κ3) is 2.47. The van der Waals surface area contributed by atoms with Gasteiger partial charge in [-0.15, -0.1) is 0 Å². The first-order valence-corrected chi connectivity index (χ1v) is 8.50. The van der Waals surface area contributed by atoms with Crippen molar-refractivity contribution in [1.82, 2.24) is 0 Å². The quantitative estimate of drug-likeness (QED) is 0.570. The number of hydrogen-bond acceptors (Lipinski definition) is 1. The van der Waals surface area contributed by atoms with Gasteiger partial charge in [0.1, 0.15) is 0 Å². The Morgan fingerprint density at radius 2 is 1.38 bits per heavy atom. The molecule has 0 unspecified atom stereocenters. The molecule has 0 aromatic heterocycles. The van der Waals surface area contributed by atoms with E-state index in [-0.39, 0.29) is 5.91 Å². The van der Waals surface area contributed by atoms with Crippen LogP contribution in [0.25, 0.3) is 11.8 Å². The van der Waals surface area contributed by atoms with E-state index in [1.54, 1.807) is 4.90 Å². The van der Waals surface area contributed by atoms with Crippen molar-refractivity contribution in [2.24, 2.45) is 0 Å². The molecule has 3 aromatic rings. The van der Waals surface area contributed by atoms with Gasteiger partial charge in [0.05, 0.1) is 11.4 Å². The van der Waals surface area contributed by atoms with Crippen molar-refractivity contribution < 1.29 is 4.79 Å². The minimum Gasteiger partial charge on any atom is -0.275 e. The number of carbonyl (C=O) groups excluding carboxylic acids is 1. The molecule has 0 fully saturated rings. The lowest BCUT2D eigenvalue weighted by molar-refractivity contribution is 0.101. The van der Waals surface area contributed by atoms with Crippen LogP contribution in [0, 0.1) is 0 Å². The van der Waals surface area contributed by atoms with Crippen LogP contribution in [0.15, 0.2) is 83.3 Å². The summed E-state index contributed by atoms with van der Waals surface area (Å²) in [5, 5.41) is 0. The summed E-state index contributed by atoms with van der Waals surface area (Å²) >= 11 is 3.57. The Morgan fingerprint density at radius 1 is 0.750 bits per heavy atom. The Labute approximate surface area is 149 Å². The van der Waals surface area contributed by atoms with Gasteiger partial charge in [-0.1, -0.05) is 60.7 Å². The van der Waals surface area contributed by atoms with Crippen molar-refractivity contribution in [2.75, 3.05) is 4.90 Å². The molecule has 116 valence electrons. The molecular weight excluding hydrogens is 362 g/mol. The number of halogens is 1. The molecule has 4 rings (SSSR count). The van der Waals surface area contributed by atoms with Gasteiger partial charge < -0.3 is 0 Å². The summed E-state index contributed by atoms with van der Waals surface area (Å²) in [6.45, 7) is 0. The van der Waals surface area contributed by atoms with Gasteiger partial charge in [-0.2, -0.15) is 0 Å². The SMILES string of the molecule is O=C1c2ccccc2C(=Cc2ccccc2)N1c1ccccc1Br. The third-order valence-electron chi connectivity index (χ3n) is 4.07. The lowest BCUT2D eigenvalue weighted by Crippen LogP contribution is -2.22. The zero-order chi connectivity index (χ0) is 16.5. The first kappa shape index (κ1) is 14.9. The van der Waals surface area contributed by atoms with E-state index in [1.165, 1.54) is 0 Å². The van der Waals surface area contributed by atoms with Crippen LogP contribution < -0.4 is 4.90 Å². The number of carbonyl (C=O) groups is 1. The maximum absolute atomic E-state index is 13.0. The standard InChI is InChI=1S/C21H14BrNO/c22-18-12-6-7-13-19(18)23-20(14-15-8-2-1-3-9-15)16-10-4-5-11-17(16)21(23)24/h1-14H. The predicted octanol–water partition coefficient (Wildman–Crippen LogP) is 5.61. The normalized spacial score (nSPS) is 15.0. The van der Waals surface area contributed by atoms with Crippen molar-refractivity contribution in [3.63, 3.8) is 0 Å². The van der Waals surface area contributed by atoms with Crippen molar-refractivity contribution in [3.05, 3.63) is 100 Å². The van der Waals surface area contributed by atoms with Crippen LogP contribution >= 0.6 is 15.9 Å². The van der Waals surface area contributed by atoms with Crippen LogP contribution in [-0.2, 0) is 0 Å². The average molecular weight is 376 g/mol. The van der Waals surface area contributed by atoms with Crippen molar-refractivity contribution >= 4 is 39.3 Å². The number of nitrogens with zero attached hydrogens (tertiary/aromatic N) is 1. The number of fused-ring (bicyclic) bond motifs is 1. The number of anilines is 1. The van der Waals surface area contributed by atoms with E-state index < -0.39 is 0 Å². The van der Waals surface area contributed by atoms with E-state index in [4.69, 9.17) is 0 Å². The van der Waals surface area contributed by atoms with Gasteiger partial charge in [-0.05, 0) is 45.8 Å². The monoisotopic (exact) mass is 375 g/mol. The Bertz CT molecular complexity index is 947. The zero-order valence-corrected chi connectivity index (χ0v) is 14.4. The zero-order valence-electron chi connectivity index (χ0n) is 12.8. The van der Waals surface area contributed by atoms with Gasteiger partial charge in [-0.25, -0.2) is 0 Å². The Hall–Kier alpha value is -2.65. The number of rotatable bonds is 2. The van der Waals surface area contributed by atoms with Gasteiger partial charge in [-0.3, -0.25) is 9.69 Å². The molecule has 1 heterocycles. The van der Waals surface area contributed by atoms with Gasteiger partial charge >= 0.3 is 0 Å². The molecule has 0 bridgehead atoms. The van der Waals surface area contributed by atoms with Gasteiger partial charge in [0.15, 0.2) is 0 Å². The molecule has 0 N–H and O–H groups in total. The highest BCUT2D eigenvalue weighted by molar-refractivity contribution is 9.10. The van der Waals surface area contributed by atoms with Gasteiger partial charge in [0.2, 0.25) is 0 Å². The highest BCUT2D eigenvalue weighted by atomic mass is 79.9. The lowest BCUT2D eigenvalue weighted by atomic mass is 10.1. The molecule has 1 amide bonds. The maximum Gasteiger partial charge on any atom is 0.263 e. The molecule has 1 aliphatic rings. The topological polar surface area (TPSA) is 20.3 Å². The Morgan fingerprint density at radius 3 is 2.12 bits per heavy atom. The fourth-order valence-corrected chi connectivity index (χ4v) is 3.43. The van der Waals surface area contributed by atoms with E-state index in [0.29, 0.717) is 0 Å². The molecule has 2 nitrogen and oxygen atoms in total. The number of hydrogen-bond donors (Lipinski definition) is 0. The summed E-state index contributed by atoms with van der Waals surface area (Å²) in [7, 11) is 0. The van der Waals surface area contributed by atoms with Crippen molar-refractivity contribution in [2.45, 2.75) is 0 Å². The van der Waals surface area contributed by atoms with Crippen LogP contribution in [0.4, 0.5) is 5.69 Å². The molecule has 3 aromatic carbocycles. The Kier molecular flexibility index (Phi) is 3.79. The second kappa shape index (κ2) is 6.10.